The third-order valence-corrected chi connectivity index (χ3v) is 4.83. The number of amides is 1. The van der Waals surface area contributed by atoms with E-state index in [0.717, 1.165) is 37.4 Å². The molecule has 29 heavy (non-hydrogen) atoms. The lowest BCUT2D eigenvalue weighted by atomic mass is 10.1. The third kappa shape index (κ3) is 7.11. The van der Waals surface area contributed by atoms with Crippen LogP contribution in [-0.2, 0) is 24.1 Å². The van der Waals surface area contributed by atoms with Gasteiger partial charge in [-0.05, 0) is 36.2 Å². The Morgan fingerprint density at radius 3 is 2.66 bits per heavy atom. The summed E-state index contributed by atoms with van der Waals surface area (Å²) < 4.78 is 40.8. The van der Waals surface area contributed by atoms with Gasteiger partial charge < -0.3 is 9.47 Å². The topological polar surface area (TPSA) is 25.2 Å². The van der Waals surface area contributed by atoms with Crippen molar-refractivity contribution in [2.45, 2.75) is 58.3 Å². The van der Waals surface area contributed by atoms with E-state index >= 15 is 0 Å². The quantitative estimate of drug-likeness (QED) is 0.330. The van der Waals surface area contributed by atoms with Crippen LogP contribution in [0.3, 0.4) is 0 Å². The SMILES string of the molecule is C=CCN(Cc1cccn1Cc1cccc(C(F)(F)F)c1)C(=O)CCCCCC. The first-order chi connectivity index (χ1) is 13.8. The molecule has 1 aromatic carbocycles. The van der Waals surface area contributed by atoms with Crippen molar-refractivity contribution in [1.82, 2.24) is 9.47 Å². The second-order valence-electron chi connectivity index (χ2n) is 7.20. The summed E-state index contributed by atoms with van der Waals surface area (Å²) in [5, 5.41) is 0. The fourth-order valence-corrected chi connectivity index (χ4v) is 3.26. The summed E-state index contributed by atoms with van der Waals surface area (Å²) in [4.78, 5) is 14.3. The molecule has 0 atom stereocenters. The molecule has 0 aliphatic heterocycles. The minimum atomic E-state index is -4.36. The molecule has 1 heterocycles. The van der Waals surface area contributed by atoms with Crippen molar-refractivity contribution >= 4 is 5.91 Å². The summed E-state index contributed by atoms with van der Waals surface area (Å²) >= 11 is 0. The number of carbonyl (C=O) groups is 1. The molecule has 0 saturated carbocycles. The summed E-state index contributed by atoms with van der Waals surface area (Å²) in [6, 6.07) is 9.09. The lowest BCUT2D eigenvalue weighted by molar-refractivity contribution is -0.137. The van der Waals surface area contributed by atoms with Crippen molar-refractivity contribution in [3.05, 3.63) is 72.1 Å². The molecule has 0 spiro atoms. The first kappa shape index (κ1) is 22.8. The Bertz CT molecular complexity index is 795. The molecule has 0 bridgehead atoms. The smallest absolute Gasteiger partial charge is 0.345 e. The molecule has 0 radical (unpaired) electrons. The Balaban J connectivity index is 2.07. The Morgan fingerprint density at radius 2 is 1.97 bits per heavy atom. The van der Waals surface area contributed by atoms with Gasteiger partial charge in [-0.1, -0.05) is 44.4 Å². The fourth-order valence-electron chi connectivity index (χ4n) is 3.26. The Labute approximate surface area is 170 Å². The highest BCUT2D eigenvalue weighted by Crippen LogP contribution is 2.29. The van der Waals surface area contributed by atoms with E-state index in [0.29, 0.717) is 31.6 Å². The number of alkyl halides is 3. The second kappa shape index (κ2) is 10.9. The second-order valence-corrected chi connectivity index (χ2v) is 7.20. The van der Waals surface area contributed by atoms with Crippen LogP contribution in [0.2, 0.25) is 0 Å². The first-order valence-electron chi connectivity index (χ1n) is 10.0. The number of aromatic nitrogens is 1. The molecule has 158 valence electrons. The van der Waals surface area contributed by atoms with Gasteiger partial charge in [-0.2, -0.15) is 13.2 Å². The van der Waals surface area contributed by atoms with E-state index in [-0.39, 0.29) is 5.91 Å². The molecule has 0 fully saturated rings. The number of hydrogen-bond donors (Lipinski definition) is 0. The highest BCUT2D eigenvalue weighted by molar-refractivity contribution is 5.76. The predicted molar refractivity (Wildman–Crippen MR) is 109 cm³/mol. The van der Waals surface area contributed by atoms with Gasteiger partial charge in [0.15, 0.2) is 0 Å². The highest BCUT2D eigenvalue weighted by atomic mass is 19.4. The molecule has 0 saturated heterocycles. The maximum absolute atomic E-state index is 13.0. The monoisotopic (exact) mass is 406 g/mol. The van der Waals surface area contributed by atoms with Crippen LogP contribution in [0, 0.1) is 0 Å². The van der Waals surface area contributed by atoms with E-state index in [4.69, 9.17) is 0 Å². The van der Waals surface area contributed by atoms with Crippen LogP contribution in [0.4, 0.5) is 13.2 Å². The van der Waals surface area contributed by atoms with Gasteiger partial charge in [0.05, 0.1) is 12.1 Å². The first-order valence-corrected chi connectivity index (χ1v) is 10.0. The number of rotatable bonds is 11. The molecule has 0 aliphatic carbocycles. The molecule has 1 aromatic heterocycles. The average Bonchev–Trinajstić information content (AvgIpc) is 3.11. The number of halogens is 3. The summed E-state index contributed by atoms with van der Waals surface area (Å²) in [5.74, 6) is 0.0767. The molecule has 0 N–H and O–H groups in total. The largest absolute Gasteiger partial charge is 0.416 e. The van der Waals surface area contributed by atoms with E-state index in [1.54, 1.807) is 17.0 Å². The van der Waals surface area contributed by atoms with Crippen molar-refractivity contribution in [3.8, 4) is 0 Å². The molecule has 2 aromatic rings. The van der Waals surface area contributed by atoms with Crippen LogP contribution in [0.5, 0.6) is 0 Å². The lowest BCUT2D eigenvalue weighted by Crippen LogP contribution is -2.31. The standard InChI is InChI=1S/C23H29F3N2O/c1-3-5-6-7-13-22(29)28(14-4-2)18-21-12-9-15-27(21)17-19-10-8-11-20(16-19)23(24,25)26/h4,8-12,15-16H,2-3,5-7,13-14,17-18H2,1H3. The molecular weight excluding hydrogens is 377 g/mol. The third-order valence-electron chi connectivity index (χ3n) is 4.83. The van der Waals surface area contributed by atoms with Crippen LogP contribution < -0.4 is 0 Å². The summed E-state index contributed by atoms with van der Waals surface area (Å²) in [5.41, 5.74) is 0.795. The zero-order valence-corrected chi connectivity index (χ0v) is 16.9. The van der Waals surface area contributed by atoms with Gasteiger partial charge in [0.2, 0.25) is 5.91 Å². The zero-order valence-electron chi connectivity index (χ0n) is 16.9. The maximum Gasteiger partial charge on any atom is 0.416 e. The van der Waals surface area contributed by atoms with Gasteiger partial charge in [-0.15, -0.1) is 6.58 Å². The fraction of sp³-hybridized carbons (Fsp3) is 0.435. The number of nitrogens with zero attached hydrogens (tertiary/aromatic N) is 2. The van der Waals surface area contributed by atoms with Crippen LogP contribution in [0.25, 0.3) is 0 Å². The molecule has 3 nitrogen and oxygen atoms in total. The molecule has 6 heteroatoms. The lowest BCUT2D eigenvalue weighted by Gasteiger charge is -2.22. The van der Waals surface area contributed by atoms with Gasteiger partial charge >= 0.3 is 6.18 Å². The Kier molecular flexibility index (Phi) is 8.55. The van der Waals surface area contributed by atoms with Crippen LogP contribution in [0.15, 0.2) is 55.3 Å². The maximum atomic E-state index is 13.0. The minimum absolute atomic E-state index is 0.0767. The molecule has 0 unspecified atom stereocenters. The van der Waals surface area contributed by atoms with Crippen LogP contribution >= 0.6 is 0 Å². The van der Waals surface area contributed by atoms with E-state index in [2.05, 4.69) is 13.5 Å². The van der Waals surface area contributed by atoms with Crippen LogP contribution in [-0.4, -0.2) is 21.9 Å². The van der Waals surface area contributed by atoms with Crippen molar-refractivity contribution in [2.24, 2.45) is 0 Å². The molecule has 1 amide bonds. The van der Waals surface area contributed by atoms with Gasteiger partial charge in [0, 0.05) is 31.4 Å². The Morgan fingerprint density at radius 1 is 1.17 bits per heavy atom. The number of hydrogen-bond acceptors (Lipinski definition) is 1. The molecule has 0 aliphatic rings. The van der Waals surface area contributed by atoms with E-state index < -0.39 is 11.7 Å². The predicted octanol–water partition coefficient (Wildman–Crippen LogP) is 6.04. The Hall–Kier alpha value is -2.50. The van der Waals surface area contributed by atoms with Gasteiger partial charge in [0.25, 0.3) is 0 Å². The van der Waals surface area contributed by atoms with E-state index in [9.17, 15) is 18.0 Å². The van der Waals surface area contributed by atoms with E-state index in [1.807, 2.05) is 22.9 Å². The summed E-state index contributed by atoms with van der Waals surface area (Å²) in [6.45, 7) is 7.04. The number of carbonyl (C=O) groups excluding carboxylic acids is 1. The van der Waals surface area contributed by atoms with Gasteiger partial charge in [-0.25, -0.2) is 0 Å². The zero-order chi connectivity index (χ0) is 21.3. The summed E-state index contributed by atoms with van der Waals surface area (Å²) in [6.07, 6.45) is 3.81. The van der Waals surface area contributed by atoms with Crippen molar-refractivity contribution in [1.29, 1.82) is 0 Å². The van der Waals surface area contributed by atoms with E-state index in [1.165, 1.54) is 12.1 Å². The van der Waals surface area contributed by atoms with Crippen LogP contribution in [0.1, 0.15) is 55.8 Å². The normalized spacial score (nSPS) is 11.4. The number of benzene rings is 1. The molecule has 2 rings (SSSR count). The number of unbranched alkanes of at least 4 members (excludes halogenated alkanes) is 3. The van der Waals surface area contributed by atoms with Crippen molar-refractivity contribution < 1.29 is 18.0 Å². The van der Waals surface area contributed by atoms with Gasteiger partial charge in [0.1, 0.15) is 0 Å². The van der Waals surface area contributed by atoms with Crippen molar-refractivity contribution in [2.75, 3.05) is 6.54 Å². The van der Waals surface area contributed by atoms with Crippen molar-refractivity contribution in [3.63, 3.8) is 0 Å². The highest BCUT2D eigenvalue weighted by Gasteiger charge is 2.30. The summed E-state index contributed by atoms with van der Waals surface area (Å²) in [7, 11) is 0. The average molecular weight is 406 g/mol. The van der Waals surface area contributed by atoms with Gasteiger partial charge in [-0.3, -0.25) is 4.79 Å². The molecular formula is C23H29F3N2O. The minimum Gasteiger partial charge on any atom is -0.345 e.